The minimum absolute atomic E-state index is 0.187. The van der Waals surface area contributed by atoms with Crippen LogP contribution in [0, 0.1) is 34.5 Å². The molecule has 0 amide bonds. The molecule has 0 aromatic heterocycles. The van der Waals surface area contributed by atoms with E-state index in [-0.39, 0.29) is 5.79 Å². The lowest BCUT2D eigenvalue weighted by atomic mass is 9.45. The van der Waals surface area contributed by atoms with Crippen LogP contribution in [0.25, 0.3) is 0 Å². The van der Waals surface area contributed by atoms with Crippen LogP contribution in [0.3, 0.4) is 0 Å². The van der Waals surface area contributed by atoms with Gasteiger partial charge in [-0.2, -0.15) is 0 Å². The van der Waals surface area contributed by atoms with Gasteiger partial charge in [0.05, 0.1) is 13.2 Å². The molecule has 0 unspecified atom stereocenters. The molecule has 23 heavy (non-hydrogen) atoms. The Morgan fingerprint density at radius 1 is 0.783 bits per heavy atom. The lowest BCUT2D eigenvalue weighted by Gasteiger charge is -2.61. The molecule has 0 aromatic carbocycles. The summed E-state index contributed by atoms with van der Waals surface area (Å²) in [5.41, 5.74) is 1.26. The Hall–Kier alpha value is -0.0800. The zero-order valence-electron chi connectivity index (χ0n) is 15.1. The van der Waals surface area contributed by atoms with Gasteiger partial charge in [-0.05, 0) is 79.4 Å². The molecule has 0 N–H and O–H groups in total. The van der Waals surface area contributed by atoms with Gasteiger partial charge in [0.15, 0.2) is 5.79 Å². The molecule has 1 saturated heterocycles. The Morgan fingerprint density at radius 3 is 2.43 bits per heavy atom. The minimum Gasteiger partial charge on any atom is -0.348 e. The molecule has 130 valence electrons. The van der Waals surface area contributed by atoms with Crippen LogP contribution in [0.5, 0.6) is 0 Å². The maximum atomic E-state index is 6.07. The van der Waals surface area contributed by atoms with Gasteiger partial charge >= 0.3 is 0 Å². The Labute approximate surface area is 141 Å². The van der Waals surface area contributed by atoms with Crippen LogP contribution in [-0.2, 0) is 9.47 Å². The number of rotatable bonds is 0. The van der Waals surface area contributed by atoms with Crippen molar-refractivity contribution >= 4 is 0 Å². The van der Waals surface area contributed by atoms with E-state index < -0.39 is 0 Å². The molecule has 1 spiro atoms. The normalized spacial score (nSPS) is 54.5. The van der Waals surface area contributed by atoms with Crippen LogP contribution in [0.4, 0.5) is 0 Å². The van der Waals surface area contributed by atoms with Crippen LogP contribution in [-0.4, -0.2) is 19.0 Å². The van der Waals surface area contributed by atoms with Crippen molar-refractivity contribution in [3.05, 3.63) is 0 Å². The first kappa shape index (κ1) is 15.2. The highest BCUT2D eigenvalue weighted by Gasteiger charge is 2.60. The monoisotopic (exact) mass is 318 g/mol. The molecule has 2 heteroatoms. The van der Waals surface area contributed by atoms with Crippen molar-refractivity contribution < 1.29 is 9.47 Å². The average Bonchev–Trinajstić information content (AvgIpc) is 3.15. The molecular formula is C21H34O2. The van der Waals surface area contributed by atoms with Crippen LogP contribution in [0.2, 0.25) is 0 Å². The molecule has 1 heterocycles. The third-order valence-electron chi connectivity index (χ3n) is 9.26. The quantitative estimate of drug-likeness (QED) is 0.614. The molecule has 0 aromatic rings. The zero-order chi connectivity index (χ0) is 15.7. The van der Waals surface area contributed by atoms with Gasteiger partial charge in [-0.25, -0.2) is 0 Å². The predicted octanol–water partition coefficient (Wildman–Crippen LogP) is 5.16. The first-order valence-electron chi connectivity index (χ1n) is 10.3. The molecule has 4 aliphatic carbocycles. The fourth-order valence-corrected chi connectivity index (χ4v) is 7.95. The smallest absolute Gasteiger partial charge is 0.168 e. The molecule has 2 nitrogen and oxygen atoms in total. The molecule has 1 aliphatic heterocycles. The second kappa shape index (κ2) is 4.97. The highest BCUT2D eigenvalue weighted by molar-refractivity contribution is 5.08. The highest BCUT2D eigenvalue weighted by Crippen LogP contribution is 2.67. The maximum Gasteiger partial charge on any atom is 0.168 e. The van der Waals surface area contributed by atoms with Crippen molar-refractivity contribution in [3.63, 3.8) is 0 Å². The maximum absolute atomic E-state index is 6.07. The number of ether oxygens (including phenoxy) is 2. The second-order valence-electron chi connectivity index (χ2n) is 10.1. The van der Waals surface area contributed by atoms with E-state index in [1.54, 1.807) is 0 Å². The van der Waals surface area contributed by atoms with Gasteiger partial charge < -0.3 is 9.47 Å². The summed E-state index contributed by atoms with van der Waals surface area (Å²) in [6, 6.07) is 0. The van der Waals surface area contributed by atoms with E-state index in [0.29, 0.717) is 10.8 Å². The van der Waals surface area contributed by atoms with E-state index in [4.69, 9.17) is 9.47 Å². The van der Waals surface area contributed by atoms with Crippen molar-refractivity contribution in [1.29, 1.82) is 0 Å². The van der Waals surface area contributed by atoms with E-state index in [0.717, 1.165) is 43.3 Å². The first-order chi connectivity index (χ1) is 11.0. The van der Waals surface area contributed by atoms with Crippen molar-refractivity contribution in [3.8, 4) is 0 Å². The van der Waals surface area contributed by atoms with E-state index in [9.17, 15) is 0 Å². The molecule has 6 atom stereocenters. The van der Waals surface area contributed by atoms with Crippen LogP contribution in [0.15, 0.2) is 0 Å². The summed E-state index contributed by atoms with van der Waals surface area (Å²) in [5.74, 6) is 3.69. The average molecular weight is 319 g/mol. The van der Waals surface area contributed by atoms with E-state index in [2.05, 4.69) is 13.8 Å². The fraction of sp³-hybridized carbons (Fsp3) is 1.00. The van der Waals surface area contributed by atoms with Gasteiger partial charge in [0.2, 0.25) is 0 Å². The zero-order valence-corrected chi connectivity index (χ0v) is 15.1. The molecule has 0 bridgehead atoms. The van der Waals surface area contributed by atoms with Gasteiger partial charge in [-0.15, -0.1) is 0 Å². The van der Waals surface area contributed by atoms with Crippen molar-refractivity contribution in [1.82, 2.24) is 0 Å². The third kappa shape index (κ3) is 2.06. The van der Waals surface area contributed by atoms with Crippen molar-refractivity contribution in [2.75, 3.05) is 13.2 Å². The first-order valence-corrected chi connectivity index (χ1v) is 10.3. The number of hydrogen-bond donors (Lipinski definition) is 0. The Bertz CT molecular complexity index is 482. The highest BCUT2D eigenvalue weighted by atomic mass is 16.7. The summed E-state index contributed by atoms with van der Waals surface area (Å²) in [6.45, 7) is 6.89. The van der Waals surface area contributed by atoms with Crippen LogP contribution < -0.4 is 0 Å². The van der Waals surface area contributed by atoms with E-state index >= 15 is 0 Å². The minimum atomic E-state index is -0.187. The van der Waals surface area contributed by atoms with Crippen molar-refractivity contribution in [2.45, 2.75) is 83.8 Å². The van der Waals surface area contributed by atoms with E-state index in [1.165, 1.54) is 57.8 Å². The lowest BCUT2D eigenvalue weighted by Crippen LogP contribution is -2.55. The number of hydrogen-bond acceptors (Lipinski definition) is 2. The Balaban J connectivity index is 1.41. The van der Waals surface area contributed by atoms with Gasteiger partial charge in [0.1, 0.15) is 0 Å². The lowest BCUT2D eigenvalue weighted by molar-refractivity contribution is -0.229. The van der Waals surface area contributed by atoms with Gasteiger partial charge in [-0.1, -0.05) is 20.3 Å². The molecule has 4 saturated carbocycles. The molecular weight excluding hydrogens is 284 g/mol. The Morgan fingerprint density at radius 2 is 1.61 bits per heavy atom. The number of fused-ring (bicyclic) bond motifs is 5. The molecule has 5 aliphatic rings. The summed E-state index contributed by atoms with van der Waals surface area (Å²) in [5, 5.41) is 0. The van der Waals surface area contributed by atoms with Gasteiger partial charge in [0.25, 0.3) is 0 Å². The summed E-state index contributed by atoms with van der Waals surface area (Å²) in [7, 11) is 0. The largest absolute Gasteiger partial charge is 0.348 e. The summed E-state index contributed by atoms with van der Waals surface area (Å²) < 4.78 is 12.1. The Kier molecular flexibility index (Phi) is 3.29. The van der Waals surface area contributed by atoms with Crippen molar-refractivity contribution in [2.24, 2.45) is 34.5 Å². The standard InChI is InChI=1S/C21H34O2/c1-19-8-3-4-17(19)16-6-5-15-14-21(22-12-13-23-21)11-10-20(15,2)18(16)7-9-19/h15-18H,3-14H2,1-2H3/t15-,16+,17-,18+,19-,20-/m0/s1. The van der Waals surface area contributed by atoms with E-state index in [1.807, 2.05) is 0 Å². The topological polar surface area (TPSA) is 18.5 Å². The summed E-state index contributed by atoms with van der Waals surface area (Å²) >= 11 is 0. The van der Waals surface area contributed by atoms with Crippen LogP contribution >= 0.6 is 0 Å². The third-order valence-corrected chi connectivity index (χ3v) is 9.26. The fourth-order valence-electron chi connectivity index (χ4n) is 7.95. The summed E-state index contributed by atoms with van der Waals surface area (Å²) in [4.78, 5) is 0. The molecule has 5 fully saturated rings. The van der Waals surface area contributed by atoms with Gasteiger partial charge in [0, 0.05) is 12.8 Å². The molecule has 0 radical (unpaired) electrons. The SMILES string of the molecule is C[C@@]12CCC[C@H]1[C@H]1CC[C@H]3CC4(CC[C@]3(C)[C@@H]1CC2)OCCO4. The molecule has 5 rings (SSSR count). The van der Waals surface area contributed by atoms with Crippen LogP contribution in [0.1, 0.15) is 78.1 Å². The second-order valence-corrected chi connectivity index (χ2v) is 10.1. The van der Waals surface area contributed by atoms with Gasteiger partial charge in [-0.3, -0.25) is 0 Å². The summed E-state index contributed by atoms with van der Waals surface area (Å²) in [6.07, 6.45) is 14.1. The predicted molar refractivity (Wildman–Crippen MR) is 91.0 cm³/mol.